The van der Waals surface area contributed by atoms with Crippen LogP contribution in [0.4, 0.5) is 4.39 Å². The maximum atomic E-state index is 13.5. The van der Waals surface area contributed by atoms with Crippen LogP contribution in [0.3, 0.4) is 0 Å². The van der Waals surface area contributed by atoms with Gasteiger partial charge in [-0.1, -0.05) is 23.7 Å². The van der Waals surface area contributed by atoms with Gasteiger partial charge in [-0.05, 0) is 30.7 Å². The third kappa shape index (κ3) is 3.27. The summed E-state index contributed by atoms with van der Waals surface area (Å²) >= 11 is 6.06. The zero-order valence-corrected chi connectivity index (χ0v) is 11.4. The van der Waals surface area contributed by atoms with Crippen LogP contribution >= 0.6 is 11.6 Å². The molecule has 0 aromatic heterocycles. The summed E-state index contributed by atoms with van der Waals surface area (Å²) in [6, 6.07) is 9.18. The number of aryl methyl sites for hydroxylation is 1. The fourth-order valence-corrected chi connectivity index (χ4v) is 1.98. The number of ether oxygens (including phenoxy) is 1. The molecule has 104 valence electrons. The van der Waals surface area contributed by atoms with Gasteiger partial charge in [-0.15, -0.1) is 0 Å². The number of carbonyl (C=O) groups is 1. The maximum absolute atomic E-state index is 13.5. The van der Waals surface area contributed by atoms with Gasteiger partial charge in [0.2, 0.25) is 0 Å². The number of carboxylic acids is 1. The van der Waals surface area contributed by atoms with Crippen molar-refractivity contribution in [3.63, 3.8) is 0 Å². The fourth-order valence-electron chi connectivity index (χ4n) is 1.69. The normalized spacial score (nSPS) is 10.3. The number of halogens is 2. The number of rotatable bonds is 4. The van der Waals surface area contributed by atoms with Crippen molar-refractivity contribution < 1.29 is 19.0 Å². The molecule has 20 heavy (non-hydrogen) atoms. The van der Waals surface area contributed by atoms with Gasteiger partial charge in [0.1, 0.15) is 18.2 Å². The third-order valence-electron chi connectivity index (χ3n) is 2.77. The highest BCUT2D eigenvalue weighted by molar-refractivity contribution is 6.31. The van der Waals surface area contributed by atoms with Gasteiger partial charge < -0.3 is 9.84 Å². The lowest BCUT2D eigenvalue weighted by Gasteiger charge is -2.09. The van der Waals surface area contributed by atoms with Gasteiger partial charge in [-0.2, -0.15) is 0 Å². The van der Waals surface area contributed by atoms with Crippen LogP contribution in [-0.4, -0.2) is 11.1 Å². The van der Waals surface area contributed by atoms with Crippen molar-refractivity contribution in [2.24, 2.45) is 0 Å². The van der Waals surface area contributed by atoms with E-state index in [1.165, 1.54) is 12.1 Å². The molecule has 0 aliphatic rings. The zero-order chi connectivity index (χ0) is 14.7. The molecule has 0 amide bonds. The third-order valence-corrected chi connectivity index (χ3v) is 3.13. The van der Waals surface area contributed by atoms with E-state index in [0.29, 0.717) is 5.02 Å². The number of carboxylic acid groups (broad SMARTS) is 1. The Balaban J connectivity index is 2.11. The molecule has 3 nitrogen and oxygen atoms in total. The van der Waals surface area contributed by atoms with Gasteiger partial charge in [0.05, 0.1) is 5.56 Å². The van der Waals surface area contributed by atoms with Crippen molar-refractivity contribution in [2.45, 2.75) is 13.5 Å². The summed E-state index contributed by atoms with van der Waals surface area (Å²) in [7, 11) is 0. The molecule has 1 N–H and O–H groups in total. The van der Waals surface area contributed by atoms with Gasteiger partial charge in [-0.3, -0.25) is 0 Å². The quantitative estimate of drug-likeness (QED) is 0.925. The molecule has 0 heterocycles. The summed E-state index contributed by atoms with van der Waals surface area (Å²) in [6.45, 7) is 2.11. The minimum absolute atomic E-state index is 0.185. The maximum Gasteiger partial charge on any atom is 0.338 e. The van der Waals surface area contributed by atoms with E-state index in [1.807, 2.05) is 25.1 Å². The summed E-state index contributed by atoms with van der Waals surface area (Å²) in [5.41, 5.74) is 1.43. The molecular weight excluding hydrogens is 283 g/mol. The van der Waals surface area contributed by atoms with Crippen LogP contribution in [0.25, 0.3) is 0 Å². The van der Waals surface area contributed by atoms with Crippen LogP contribution in [0, 0.1) is 12.7 Å². The van der Waals surface area contributed by atoms with E-state index in [-0.39, 0.29) is 17.9 Å². The number of aromatic carboxylic acids is 1. The van der Waals surface area contributed by atoms with Crippen molar-refractivity contribution in [3.8, 4) is 5.75 Å². The van der Waals surface area contributed by atoms with Crippen LogP contribution in [-0.2, 0) is 6.61 Å². The van der Waals surface area contributed by atoms with E-state index in [4.69, 9.17) is 21.4 Å². The van der Waals surface area contributed by atoms with E-state index >= 15 is 0 Å². The predicted octanol–water partition coefficient (Wildman–Crippen LogP) is 4.06. The van der Waals surface area contributed by atoms with Crippen LogP contribution in [0.1, 0.15) is 21.5 Å². The van der Waals surface area contributed by atoms with E-state index in [0.717, 1.165) is 17.2 Å². The molecular formula is C15H12ClFO3. The lowest BCUT2D eigenvalue weighted by Crippen LogP contribution is -2.02. The van der Waals surface area contributed by atoms with Crippen LogP contribution in [0.2, 0.25) is 5.02 Å². The molecule has 0 aliphatic carbocycles. The molecule has 0 atom stereocenters. The van der Waals surface area contributed by atoms with Crippen molar-refractivity contribution in [2.75, 3.05) is 0 Å². The molecule has 0 saturated heterocycles. The zero-order valence-electron chi connectivity index (χ0n) is 10.7. The lowest BCUT2D eigenvalue weighted by molar-refractivity contribution is 0.0692. The first-order chi connectivity index (χ1) is 9.47. The highest BCUT2D eigenvalue weighted by Gasteiger charge is 2.11. The summed E-state index contributed by atoms with van der Waals surface area (Å²) < 4.78 is 18.9. The van der Waals surface area contributed by atoms with Gasteiger partial charge >= 0.3 is 5.97 Å². The first-order valence-corrected chi connectivity index (χ1v) is 6.26. The van der Waals surface area contributed by atoms with Crippen molar-refractivity contribution in [1.82, 2.24) is 0 Å². The molecule has 0 aliphatic heterocycles. The summed E-state index contributed by atoms with van der Waals surface area (Å²) in [5, 5.41) is 9.31. The molecule has 0 saturated carbocycles. The largest absolute Gasteiger partial charge is 0.489 e. The Morgan fingerprint density at radius 1 is 1.30 bits per heavy atom. The molecule has 0 bridgehead atoms. The average molecular weight is 295 g/mol. The van der Waals surface area contributed by atoms with Gasteiger partial charge in [0, 0.05) is 16.7 Å². The molecule has 2 aromatic carbocycles. The minimum Gasteiger partial charge on any atom is -0.489 e. The topological polar surface area (TPSA) is 46.5 Å². The van der Waals surface area contributed by atoms with E-state index in [1.54, 1.807) is 0 Å². The fraction of sp³-hybridized carbons (Fsp3) is 0.133. The lowest BCUT2D eigenvalue weighted by atomic mass is 10.1. The second kappa shape index (κ2) is 5.92. The van der Waals surface area contributed by atoms with E-state index in [2.05, 4.69) is 0 Å². The highest BCUT2D eigenvalue weighted by Crippen LogP contribution is 2.21. The Morgan fingerprint density at radius 2 is 2.05 bits per heavy atom. The molecule has 0 radical (unpaired) electrons. The summed E-state index contributed by atoms with van der Waals surface area (Å²) in [6.07, 6.45) is 0. The van der Waals surface area contributed by atoms with E-state index in [9.17, 15) is 9.18 Å². The molecule has 0 fully saturated rings. The molecule has 2 rings (SSSR count). The Hall–Kier alpha value is -2.07. The molecule has 5 heteroatoms. The van der Waals surface area contributed by atoms with Crippen LogP contribution < -0.4 is 4.74 Å². The number of hydrogen-bond acceptors (Lipinski definition) is 2. The summed E-state index contributed by atoms with van der Waals surface area (Å²) in [4.78, 5) is 10.7. The Labute approximate surface area is 120 Å². The second-order valence-electron chi connectivity index (χ2n) is 4.33. The Morgan fingerprint density at radius 3 is 2.65 bits per heavy atom. The standard InChI is InChI=1S/C15H12ClFO3/c1-9-2-3-10(13(16)6-9)8-20-11-4-5-12(15(18)19)14(17)7-11/h2-7H,8H2,1H3,(H,18,19). The van der Waals surface area contributed by atoms with Crippen molar-refractivity contribution >= 4 is 17.6 Å². The average Bonchev–Trinajstić information content (AvgIpc) is 2.37. The number of hydrogen-bond donors (Lipinski definition) is 1. The smallest absolute Gasteiger partial charge is 0.338 e. The first-order valence-electron chi connectivity index (χ1n) is 5.88. The predicted molar refractivity (Wildman–Crippen MR) is 73.9 cm³/mol. The summed E-state index contributed by atoms with van der Waals surface area (Å²) in [5.74, 6) is -1.88. The SMILES string of the molecule is Cc1ccc(COc2ccc(C(=O)O)c(F)c2)c(Cl)c1. The monoisotopic (exact) mass is 294 g/mol. The van der Waals surface area contributed by atoms with Gasteiger partial charge in [-0.25, -0.2) is 9.18 Å². The van der Waals surface area contributed by atoms with E-state index < -0.39 is 11.8 Å². The Kier molecular flexibility index (Phi) is 4.25. The highest BCUT2D eigenvalue weighted by atomic mass is 35.5. The molecule has 0 spiro atoms. The van der Waals surface area contributed by atoms with Crippen molar-refractivity contribution in [1.29, 1.82) is 0 Å². The Bertz CT molecular complexity index is 656. The first kappa shape index (κ1) is 14.3. The van der Waals surface area contributed by atoms with Crippen LogP contribution in [0.5, 0.6) is 5.75 Å². The van der Waals surface area contributed by atoms with Gasteiger partial charge in [0.15, 0.2) is 0 Å². The molecule has 0 unspecified atom stereocenters. The molecule has 2 aromatic rings. The second-order valence-corrected chi connectivity index (χ2v) is 4.74. The van der Waals surface area contributed by atoms with Crippen LogP contribution in [0.15, 0.2) is 36.4 Å². The van der Waals surface area contributed by atoms with Gasteiger partial charge in [0.25, 0.3) is 0 Å². The minimum atomic E-state index is -1.31. The van der Waals surface area contributed by atoms with Crippen molar-refractivity contribution in [3.05, 3.63) is 63.9 Å². The number of benzene rings is 2.